The van der Waals surface area contributed by atoms with Gasteiger partial charge >= 0.3 is 10.4 Å². The third-order valence-corrected chi connectivity index (χ3v) is 5.35. The Morgan fingerprint density at radius 2 is 2.13 bits per heavy atom. The summed E-state index contributed by atoms with van der Waals surface area (Å²) in [5.74, 6) is 0.545. The molecule has 11 nitrogen and oxygen atoms in total. The molecule has 0 unspecified atom stereocenters. The van der Waals surface area contributed by atoms with E-state index in [4.69, 9.17) is 14.8 Å². The largest absolute Gasteiger partial charge is 0.418 e. The maximum Gasteiger partial charge on any atom is 0.418 e. The lowest BCUT2D eigenvalue weighted by Gasteiger charge is -2.23. The van der Waals surface area contributed by atoms with Crippen molar-refractivity contribution in [1.29, 1.82) is 0 Å². The molecule has 3 heterocycles. The van der Waals surface area contributed by atoms with Crippen LogP contribution < -0.4 is 16.4 Å². The minimum absolute atomic E-state index is 0.227. The molecule has 30 heavy (non-hydrogen) atoms. The van der Waals surface area contributed by atoms with E-state index in [-0.39, 0.29) is 12.5 Å². The van der Waals surface area contributed by atoms with Crippen molar-refractivity contribution in [2.45, 2.75) is 64.0 Å². The van der Waals surface area contributed by atoms with Crippen LogP contribution in [0.4, 0.5) is 0 Å². The number of aromatic nitrogens is 1. The van der Waals surface area contributed by atoms with Gasteiger partial charge in [0, 0.05) is 31.5 Å². The second kappa shape index (κ2) is 12.3. The van der Waals surface area contributed by atoms with Gasteiger partial charge in [0.15, 0.2) is 0 Å². The van der Waals surface area contributed by atoms with Gasteiger partial charge in [-0.1, -0.05) is 5.16 Å². The summed E-state index contributed by atoms with van der Waals surface area (Å²) in [6.45, 7) is 5.68. The highest BCUT2D eigenvalue weighted by Gasteiger charge is 2.34. The third kappa shape index (κ3) is 9.06. The lowest BCUT2D eigenvalue weighted by molar-refractivity contribution is -0.157. The molecule has 0 aromatic carbocycles. The van der Waals surface area contributed by atoms with Gasteiger partial charge < -0.3 is 20.9 Å². The Morgan fingerprint density at radius 1 is 1.40 bits per heavy atom. The van der Waals surface area contributed by atoms with E-state index in [0.29, 0.717) is 31.8 Å². The first kappa shape index (κ1) is 24.7. The first-order valence-corrected chi connectivity index (χ1v) is 11.7. The van der Waals surface area contributed by atoms with Crippen molar-refractivity contribution < 1.29 is 26.6 Å². The maximum atomic E-state index is 11.2. The molecule has 0 saturated carbocycles. The number of carbonyl (C=O) groups excluding carboxylic acids is 1. The molecule has 172 valence electrons. The van der Waals surface area contributed by atoms with Crippen molar-refractivity contribution in [2.75, 3.05) is 26.2 Å². The molecule has 2 aliphatic heterocycles. The lowest BCUT2D eigenvalue weighted by Crippen LogP contribution is -2.40. The first-order chi connectivity index (χ1) is 14.3. The summed E-state index contributed by atoms with van der Waals surface area (Å²) in [4.78, 5) is 11.2. The number of nitrogens with zero attached hydrogens (tertiary/aromatic N) is 2. The Labute approximate surface area is 177 Å². The van der Waals surface area contributed by atoms with Crippen LogP contribution in [0.15, 0.2) is 10.6 Å². The van der Waals surface area contributed by atoms with Gasteiger partial charge in [0.1, 0.15) is 5.76 Å². The number of amides is 1. The molecule has 0 bridgehead atoms. The fourth-order valence-corrected chi connectivity index (χ4v) is 3.91. The minimum atomic E-state index is -4.62. The SMILES string of the molecule is Cc1cc(CCNC2CCNCC2)on1.NCCC[C@@H]1CCC(=O)N1OS(=O)(=O)O. The summed E-state index contributed by atoms with van der Waals surface area (Å²) in [6, 6.07) is 2.36. The van der Waals surface area contributed by atoms with Gasteiger partial charge in [-0.2, -0.15) is 13.5 Å². The van der Waals surface area contributed by atoms with Crippen molar-refractivity contribution >= 4 is 16.3 Å². The number of nitrogens with one attached hydrogen (secondary N) is 2. The van der Waals surface area contributed by atoms with E-state index in [2.05, 4.69) is 20.1 Å². The molecule has 0 radical (unpaired) electrons. The van der Waals surface area contributed by atoms with Crippen LogP contribution in [0.3, 0.4) is 0 Å². The molecular weight excluding hydrogens is 414 g/mol. The molecule has 1 atom stereocenters. The zero-order valence-corrected chi connectivity index (χ0v) is 18.2. The fourth-order valence-electron chi connectivity index (χ4n) is 3.50. The summed E-state index contributed by atoms with van der Waals surface area (Å²) in [6.07, 6.45) is 5.38. The van der Waals surface area contributed by atoms with E-state index >= 15 is 0 Å². The number of aryl methyl sites for hydroxylation is 1. The Balaban J connectivity index is 0.000000214. The smallest absolute Gasteiger partial charge is 0.361 e. The van der Waals surface area contributed by atoms with Gasteiger partial charge in [0.25, 0.3) is 0 Å². The second-order valence-corrected chi connectivity index (χ2v) is 8.51. The van der Waals surface area contributed by atoms with E-state index in [0.717, 1.165) is 42.6 Å². The lowest BCUT2D eigenvalue weighted by atomic mass is 10.1. The molecule has 3 rings (SSSR count). The summed E-state index contributed by atoms with van der Waals surface area (Å²) in [7, 11) is -4.62. The molecule has 0 aliphatic carbocycles. The fraction of sp³-hybridized carbons (Fsp3) is 0.778. The average Bonchev–Trinajstić information content (AvgIpc) is 3.26. The number of hydrogen-bond donors (Lipinski definition) is 4. The Kier molecular flexibility index (Phi) is 10.1. The standard InChI is InChI=1S/C11H19N3O.C7H14N2O5S/c1-9-8-11(15-14-9)4-7-13-10-2-5-12-6-3-10;8-5-1-2-6-3-4-7(10)9(6)14-15(11,12)13/h8,10,12-13H,2-7H2,1H3;6H,1-5,8H2,(H,11,12,13)/t;6-/m.1/s1. The number of carbonyl (C=O) groups is 1. The van der Waals surface area contributed by atoms with Crippen molar-refractivity contribution in [3.8, 4) is 0 Å². The van der Waals surface area contributed by atoms with Gasteiger partial charge in [0.05, 0.1) is 11.7 Å². The highest BCUT2D eigenvalue weighted by molar-refractivity contribution is 7.80. The van der Waals surface area contributed by atoms with Crippen molar-refractivity contribution in [3.63, 3.8) is 0 Å². The Morgan fingerprint density at radius 3 is 2.73 bits per heavy atom. The van der Waals surface area contributed by atoms with Gasteiger partial charge in [-0.3, -0.25) is 9.35 Å². The molecule has 5 N–H and O–H groups in total. The van der Waals surface area contributed by atoms with Gasteiger partial charge in [-0.25, -0.2) is 0 Å². The average molecular weight is 448 g/mol. The monoisotopic (exact) mass is 447 g/mol. The minimum Gasteiger partial charge on any atom is -0.361 e. The van der Waals surface area contributed by atoms with Crippen LogP contribution in [0.1, 0.15) is 50.0 Å². The van der Waals surface area contributed by atoms with Crippen LogP contribution in [0, 0.1) is 6.92 Å². The number of nitrogens with two attached hydrogens (primary N) is 1. The topological polar surface area (TPSA) is 160 Å². The van der Waals surface area contributed by atoms with Crippen molar-refractivity contribution in [3.05, 3.63) is 17.5 Å². The highest BCUT2D eigenvalue weighted by atomic mass is 32.3. The summed E-state index contributed by atoms with van der Waals surface area (Å²) in [5, 5.41) is 11.5. The summed E-state index contributed by atoms with van der Waals surface area (Å²) >= 11 is 0. The van der Waals surface area contributed by atoms with Crippen molar-refractivity contribution in [2.24, 2.45) is 5.73 Å². The predicted molar refractivity (Wildman–Crippen MR) is 110 cm³/mol. The number of hydroxylamine groups is 2. The molecule has 2 aliphatic rings. The molecular formula is C18H33N5O6S. The second-order valence-electron chi connectivity index (χ2n) is 7.51. The maximum absolute atomic E-state index is 11.2. The zero-order chi connectivity index (χ0) is 22.0. The summed E-state index contributed by atoms with van der Waals surface area (Å²) < 4.78 is 38.7. The Bertz CT molecular complexity index is 750. The molecule has 0 spiro atoms. The van der Waals surface area contributed by atoms with E-state index in [1.165, 1.54) is 12.8 Å². The third-order valence-electron chi connectivity index (χ3n) is 5.01. The molecule has 12 heteroatoms. The Hall–Kier alpha value is -1.57. The first-order valence-electron chi connectivity index (χ1n) is 10.3. The quantitative estimate of drug-likeness (QED) is 0.388. The van der Waals surface area contributed by atoms with Crippen LogP contribution in [0.2, 0.25) is 0 Å². The highest BCUT2D eigenvalue weighted by Crippen LogP contribution is 2.23. The number of hydrogen-bond acceptors (Lipinski definition) is 9. The van der Waals surface area contributed by atoms with E-state index < -0.39 is 16.3 Å². The van der Waals surface area contributed by atoms with E-state index in [9.17, 15) is 13.2 Å². The number of rotatable bonds is 9. The van der Waals surface area contributed by atoms with Crippen LogP contribution in [-0.2, 0) is 25.9 Å². The van der Waals surface area contributed by atoms with Gasteiger partial charge in [-0.15, -0.1) is 4.28 Å². The zero-order valence-electron chi connectivity index (χ0n) is 17.4. The van der Waals surface area contributed by atoms with Gasteiger partial charge in [0.2, 0.25) is 5.91 Å². The normalized spacial score (nSPS) is 20.3. The van der Waals surface area contributed by atoms with Crippen LogP contribution in [-0.4, -0.2) is 67.4 Å². The number of piperidine rings is 1. The molecule has 2 saturated heterocycles. The van der Waals surface area contributed by atoms with Crippen LogP contribution in [0.25, 0.3) is 0 Å². The predicted octanol–water partition coefficient (Wildman–Crippen LogP) is 0.318. The van der Waals surface area contributed by atoms with E-state index in [1.54, 1.807) is 0 Å². The van der Waals surface area contributed by atoms with E-state index in [1.807, 2.05) is 13.0 Å². The van der Waals surface area contributed by atoms with Crippen LogP contribution in [0.5, 0.6) is 0 Å². The van der Waals surface area contributed by atoms with Crippen molar-refractivity contribution in [1.82, 2.24) is 20.9 Å². The molecule has 1 aromatic heterocycles. The molecule has 1 amide bonds. The van der Waals surface area contributed by atoms with Gasteiger partial charge in [-0.05, 0) is 58.7 Å². The summed E-state index contributed by atoms with van der Waals surface area (Å²) in [5.41, 5.74) is 6.27. The molecule has 2 fully saturated rings. The van der Waals surface area contributed by atoms with Crippen LogP contribution >= 0.6 is 0 Å². The molecule has 1 aromatic rings.